The van der Waals surface area contributed by atoms with Gasteiger partial charge in [-0.15, -0.1) is 0 Å². The Hall–Kier alpha value is -2.36. The van der Waals surface area contributed by atoms with Gasteiger partial charge in [-0.05, 0) is 19.1 Å². The maximum atomic E-state index is 12.7. The smallest absolute Gasteiger partial charge is 0.269 e. The average molecular weight is 253 g/mol. The van der Waals surface area contributed by atoms with Crippen LogP contribution in [0, 0.1) is 18.3 Å². The fraction of sp³-hybridized carbons (Fsp3) is 0.182. The van der Waals surface area contributed by atoms with E-state index in [1.165, 1.54) is 12.3 Å². The molecule has 0 radical (unpaired) electrons. The molecule has 2 aromatic rings. The van der Waals surface area contributed by atoms with Crippen LogP contribution in [0.25, 0.3) is 5.65 Å². The van der Waals surface area contributed by atoms with Crippen LogP contribution in [-0.4, -0.2) is 9.38 Å². The van der Waals surface area contributed by atoms with E-state index in [0.717, 1.165) is 17.4 Å². The molecule has 0 aliphatic rings. The fourth-order valence-corrected chi connectivity index (χ4v) is 1.57. The monoisotopic (exact) mass is 253 g/mol. The minimum atomic E-state index is -4.69. The number of alkyl halides is 3. The summed E-state index contributed by atoms with van der Waals surface area (Å²) in [4.78, 5) is 15.1. The lowest BCUT2D eigenvalue weighted by molar-refractivity contribution is -0.141. The van der Waals surface area contributed by atoms with E-state index in [9.17, 15) is 18.0 Å². The van der Waals surface area contributed by atoms with Crippen LogP contribution in [0.4, 0.5) is 13.2 Å². The van der Waals surface area contributed by atoms with E-state index in [-0.39, 0.29) is 11.2 Å². The Kier molecular flexibility index (Phi) is 2.58. The summed E-state index contributed by atoms with van der Waals surface area (Å²) < 4.78 is 39.0. The molecule has 0 aromatic carbocycles. The number of aromatic nitrogens is 2. The molecule has 2 heterocycles. The molecule has 0 unspecified atom stereocenters. The quantitative estimate of drug-likeness (QED) is 0.720. The standard InChI is InChI=1S/C11H6F3N3O/c1-6-9(11(12,13)14)16-8-4-7(5-15)2-3-17(8)10(6)18/h2-4H,1H3. The largest absolute Gasteiger partial charge is 0.433 e. The number of nitriles is 1. The molecule has 0 aliphatic carbocycles. The van der Waals surface area contributed by atoms with Crippen molar-refractivity contribution in [3.8, 4) is 6.07 Å². The van der Waals surface area contributed by atoms with Gasteiger partial charge in [0.15, 0.2) is 5.69 Å². The molecule has 0 amide bonds. The summed E-state index contributed by atoms with van der Waals surface area (Å²) in [6.45, 7) is 1.07. The van der Waals surface area contributed by atoms with E-state index in [0.29, 0.717) is 0 Å². The van der Waals surface area contributed by atoms with Crippen LogP contribution in [0.1, 0.15) is 16.8 Å². The van der Waals surface area contributed by atoms with Crippen LogP contribution in [-0.2, 0) is 6.18 Å². The molecule has 92 valence electrons. The molecule has 0 aliphatic heterocycles. The molecule has 2 aromatic heterocycles. The Morgan fingerprint density at radius 3 is 2.67 bits per heavy atom. The summed E-state index contributed by atoms with van der Waals surface area (Å²) in [6, 6.07) is 4.25. The van der Waals surface area contributed by atoms with Gasteiger partial charge in [0, 0.05) is 11.8 Å². The molecule has 0 saturated heterocycles. The van der Waals surface area contributed by atoms with Crippen molar-refractivity contribution in [2.45, 2.75) is 13.1 Å². The Morgan fingerprint density at radius 1 is 1.44 bits per heavy atom. The number of halogens is 3. The van der Waals surface area contributed by atoms with Gasteiger partial charge in [-0.3, -0.25) is 9.20 Å². The van der Waals surface area contributed by atoms with Crippen molar-refractivity contribution in [3.63, 3.8) is 0 Å². The van der Waals surface area contributed by atoms with Gasteiger partial charge in [0.1, 0.15) is 5.65 Å². The second-order valence-electron chi connectivity index (χ2n) is 3.64. The number of rotatable bonds is 0. The van der Waals surface area contributed by atoms with Gasteiger partial charge in [0.2, 0.25) is 0 Å². The molecule has 0 spiro atoms. The van der Waals surface area contributed by atoms with Crippen molar-refractivity contribution < 1.29 is 13.2 Å². The van der Waals surface area contributed by atoms with Gasteiger partial charge < -0.3 is 0 Å². The predicted molar refractivity (Wildman–Crippen MR) is 55.9 cm³/mol. The number of nitrogens with zero attached hydrogens (tertiary/aromatic N) is 3. The van der Waals surface area contributed by atoms with Gasteiger partial charge >= 0.3 is 6.18 Å². The first-order chi connectivity index (χ1) is 8.34. The molecule has 0 saturated carbocycles. The maximum Gasteiger partial charge on any atom is 0.433 e. The van der Waals surface area contributed by atoms with Crippen LogP contribution >= 0.6 is 0 Å². The van der Waals surface area contributed by atoms with Crippen molar-refractivity contribution >= 4 is 5.65 Å². The molecule has 4 nitrogen and oxygen atoms in total. The molecule has 0 bridgehead atoms. The topological polar surface area (TPSA) is 58.2 Å². The molecule has 0 atom stereocenters. The number of hydrogen-bond donors (Lipinski definition) is 0. The van der Waals surface area contributed by atoms with Crippen LogP contribution in [0.2, 0.25) is 0 Å². The van der Waals surface area contributed by atoms with Crippen LogP contribution in [0.3, 0.4) is 0 Å². The van der Waals surface area contributed by atoms with E-state index >= 15 is 0 Å². The summed E-state index contributed by atoms with van der Waals surface area (Å²) in [5.41, 5.74) is -2.54. The van der Waals surface area contributed by atoms with Crippen LogP contribution in [0.5, 0.6) is 0 Å². The first-order valence-electron chi connectivity index (χ1n) is 4.85. The summed E-state index contributed by atoms with van der Waals surface area (Å²) >= 11 is 0. The first kappa shape index (κ1) is 12.1. The highest BCUT2D eigenvalue weighted by molar-refractivity contribution is 5.47. The van der Waals surface area contributed by atoms with Crippen LogP contribution in [0.15, 0.2) is 23.1 Å². The second kappa shape index (κ2) is 3.84. The highest BCUT2D eigenvalue weighted by Crippen LogP contribution is 2.29. The number of pyridine rings is 1. The van der Waals surface area contributed by atoms with Crippen LogP contribution < -0.4 is 5.56 Å². The van der Waals surface area contributed by atoms with Crippen molar-refractivity contribution in [2.75, 3.05) is 0 Å². The molecule has 18 heavy (non-hydrogen) atoms. The highest BCUT2D eigenvalue weighted by atomic mass is 19.4. The fourth-order valence-electron chi connectivity index (χ4n) is 1.57. The van der Waals surface area contributed by atoms with E-state index in [4.69, 9.17) is 5.26 Å². The minimum Gasteiger partial charge on any atom is -0.269 e. The van der Waals surface area contributed by atoms with E-state index in [1.54, 1.807) is 6.07 Å². The Balaban J connectivity index is 2.90. The summed E-state index contributed by atoms with van der Waals surface area (Å²) in [6.07, 6.45) is -3.46. The average Bonchev–Trinajstić information content (AvgIpc) is 2.31. The van der Waals surface area contributed by atoms with Crippen molar-refractivity contribution in [1.29, 1.82) is 5.26 Å². The van der Waals surface area contributed by atoms with Gasteiger partial charge in [0.25, 0.3) is 5.56 Å². The summed E-state index contributed by atoms with van der Waals surface area (Å²) in [5, 5.41) is 8.66. The molecule has 2 rings (SSSR count). The summed E-state index contributed by atoms with van der Waals surface area (Å²) in [5.74, 6) is 0. The normalized spacial score (nSPS) is 11.5. The first-order valence-corrected chi connectivity index (χ1v) is 4.85. The van der Waals surface area contributed by atoms with Gasteiger partial charge in [-0.25, -0.2) is 4.98 Å². The molecule has 7 heteroatoms. The third kappa shape index (κ3) is 1.82. The second-order valence-corrected chi connectivity index (χ2v) is 3.64. The lowest BCUT2D eigenvalue weighted by Gasteiger charge is -2.10. The zero-order valence-corrected chi connectivity index (χ0v) is 9.12. The third-order valence-electron chi connectivity index (χ3n) is 2.45. The SMILES string of the molecule is Cc1c(C(F)(F)F)nc2cc(C#N)ccn2c1=O. The molecule has 0 fully saturated rings. The lowest BCUT2D eigenvalue weighted by Crippen LogP contribution is -2.24. The lowest BCUT2D eigenvalue weighted by atomic mass is 10.2. The van der Waals surface area contributed by atoms with E-state index in [2.05, 4.69) is 4.98 Å². The van der Waals surface area contributed by atoms with Gasteiger partial charge in [-0.1, -0.05) is 0 Å². The van der Waals surface area contributed by atoms with Gasteiger partial charge in [0.05, 0.1) is 11.6 Å². The Labute approximate surface area is 98.9 Å². The Morgan fingerprint density at radius 2 is 2.11 bits per heavy atom. The highest BCUT2D eigenvalue weighted by Gasteiger charge is 2.36. The zero-order chi connectivity index (χ0) is 13.5. The third-order valence-corrected chi connectivity index (χ3v) is 2.45. The minimum absolute atomic E-state index is 0.138. The van der Waals surface area contributed by atoms with Crippen molar-refractivity contribution in [3.05, 3.63) is 45.5 Å². The van der Waals surface area contributed by atoms with E-state index in [1.807, 2.05) is 0 Å². The molecular weight excluding hydrogens is 247 g/mol. The van der Waals surface area contributed by atoms with Gasteiger partial charge in [-0.2, -0.15) is 18.4 Å². The van der Waals surface area contributed by atoms with Crippen molar-refractivity contribution in [2.24, 2.45) is 0 Å². The summed E-state index contributed by atoms with van der Waals surface area (Å²) in [7, 11) is 0. The number of fused-ring (bicyclic) bond motifs is 1. The van der Waals surface area contributed by atoms with E-state index < -0.39 is 23.0 Å². The number of hydrogen-bond acceptors (Lipinski definition) is 3. The zero-order valence-electron chi connectivity index (χ0n) is 9.12. The predicted octanol–water partition coefficient (Wildman–Crippen LogP) is 1.89. The Bertz CT molecular complexity index is 725. The maximum absolute atomic E-state index is 12.7. The van der Waals surface area contributed by atoms with Crippen molar-refractivity contribution in [1.82, 2.24) is 9.38 Å². The molecule has 0 N–H and O–H groups in total. The molecular formula is C11H6F3N3O.